The number of nitro groups is 1. The van der Waals surface area contributed by atoms with Crippen LogP contribution in [0.25, 0.3) is 0 Å². The zero-order chi connectivity index (χ0) is 21.8. The first-order valence-electron chi connectivity index (χ1n) is 8.46. The largest absolute Gasteiger partial charge is 0.497 e. The molecule has 0 saturated heterocycles. The van der Waals surface area contributed by atoms with Crippen molar-refractivity contribution in [1.29, 1.82) is 0 Å². The predicted octanol–water partition coefficient (Wildman–Crippen LogP) is 3.08. The van der Waals surface area contributed by atoms with E-state index in [2.05, 4.69) is 10.4 Å². The number of methoxy groups -OCH3 is 1. The molecule has 2 N–H and O–H groups in total. The highest BCUT2D eigenvalue weighted by molar-refractivity contribution is 6.10. The Morgan fingerprint density at radius 2 is 1.80 bits per heavy atom. The van der Waals surface area contributed by atoms with Crippen LogP contribution in [0.3, 0.4) is 0 Å². The molecule has 30 heavy (non-hydrogen) atoms. The second-order valence-corrected chi connectivity index (χ2v) is 6.07. The monoisotopic (exact) mass is 412 g/mol. The number of amides is 1. The lowest BCUT2D eigenvalue weighted by Crippen LogP contribution is -2.15. The Balaban J connectivity index is 1.89. The van der Waals surface area contributed by atoms with Crippen LogP contribution in [0, 0.1) is 10.1 Å². The number of nitro benzene ring substituents is 1. The van der Waals surface area contributed by atoms with E-state index in [1.807, 2.05) is 0 Å². The molecular weight excluding hydrogens is 396 g/mol. The molecule has 0 unspecified atom stereocenters. The number of benzene rings is 2. The van der Waals surface area contributed by atoms with Crippen molar-refractivity contribution >= 4 is 23.3 Å². The van der Waals surface area contributed by atoms with Crippen molar-refractivity contribution in [2.75, 3.05) is 12.4 Å². The molecule has 3 rings (SSSR count). The lowest BCUT2D eigenvalue weighted by Gasteiger charge is -2.10. The van der Waals surface area contributed by atoms with E-state index in [1.165, 1.54) is 37.2 Å². The van der Waals surface area contributed by atoms with Crippen LogP contribution in [0.4, 0.5) is 11.4 Å². The van der Waals surface area contributed by atoms with Crippen molar-refractivity contribution in [1.82, 2.24) is 9.78 Å². The maximum absolute atomic E-state index is 12.5. The number of carboxylic acid groups (broad SMARTS) is 1. The van der Waals surface area contributed by atoms with Crippen LogP contribution in [0.15, 0.2) is 48.7 Å². The van der Waals surface area contributed by atoms with Crippen LogP contribution in [0.2, 0.25) is 0 Å². The number of hydrogen-bond donors (Lipinski definition) is 2. The smallest absolute Gasteiger partial charge is 0.357 e. The number of hydrogen-bond acceptors (Lipinski definition) is 7. The number of aromatic nitrogens is 2. The zero-order valence-corrected chi connectivity index (χ0v) is 15.9. The Labute approximate surface area is 169 Å². The average molecular weight is 412 g/mol. The van der Waals surface area contributed by atoms with Crippen molar-refractivity contribution < 1.29 is 29.1 Å². The van der Waals surface area contributed by atoms with E-state index in [0.29, 0.717) is 11.5 Å². The van der Waals surface area contributed by atoms with Crippen LogP contribution in [-0.4, -0.2) is 38.8 Å². The van der Waals surface area contributed by atoms with Gasteiger partial charge in [0.1, 0.15) is 17.2 Å². The Kier molecular flexibility index (Phi) is 5.63. The summed E-state index contributed by atoms with van der Waals surface area (Å²) in [5.74, 6) is -1.04. The highest BCUT2D eigenvalue weighted by Gasteiger charge is 2.22. The number of aromatic carboxylic acids is 1. The fraction of sp³-hybridized carbons (Fsp3) is 0.105. The average Bonchev–Trinajstić information content (AvgIpc) is 3.10. The van der Waals surface area contributed by atoms with Gasteiger partial charge in [-0.3, -0.25) is 19.6 Å². The van der Waals surface area contributed by atoms with Crippen molar-refractivity contribution in [2.45, 2.75) is 0 Å². The number of carboxylic acids is 1. The van der Waals surface area contributed by atoms with Crippen molar-refractivity contribution in [3.8, 4) is 17.2 Å². The Morgan fingerprint density at radius 3 is 2.40 bits per heavy atom. The maximum atomic E-state index is 12.5. The highest BCUT2D eigenvalue weighted by Crippen LogP contribution is 2.30. The van der Waals surface area contributed by atoms with E-state index in [4.69, 9.17) is 9.47 Å². The predicted molar refractivity (Wildman–Crippen MR) is 104 cm³/mol. The molecule has 154 valence electrons. The summed E-state index contributed by atoms with van der Waals surface area (Å²) in [5.41, 5.74) is -0.886. The second-order valence-electron chi connectivity index (χ2n) is 6.07. The van der Waals surface area contributed by atoms with Gasteiger partial charge in [-0.25, -0.2) is 4.79 Å². The van der Waals surface area contributed by atoms with Crippen molar-refractivity contribution in [2.24, 2.45) is 7.05 Å². The molecule has 1 amide bonds. The van der Waals surface area contributed by atoms with Gasteiger partial charge >= 0.3 is 5.97 Å². The minimum absolute atomic E-state index is 0.0536. The van der Waals surface area contributed by atoms with E-state index in [0.717, 1.165) is 6.07 Å². The van der Waals surface area contributed by atoms with Crippen LogP contribution in [-0.2, 0) is 7.05 Å². The van der Waals surface area contributed by atoms with Crippen LogP contribution < -0.4 is 14.8 Å². The van der Waals surface area contributed by atoms with Gasteiger partial charge in [0.25, 0.3) is 11.6 Å². The first-order valence-corrected chi connectivity index (χ1v) is 8.46. The minimum atomic E-state index is -1.37. The van der Waals surface area contributed by atoms with Crippen molar-refractivity contribution in [3.63, 3.8) is 0 Å². The van der Waals surface area contributed by atoms with Crippen LogP contribution >= 0.6 is 0 Å². The SMILES string of the molecule is COc1ccc(Oc2cc(NC(=O)c3cn(C)nc3C(=O)O)cc([N+](=O)[O-])c2)cc1. The molecule has 0 fully saturated rings. The summed E-state index contributed by atoms with van der Waals surface area (Å²) >= 11 is 0. The topological polar surface area (TPSA) is 146 Å². The van der Waals surface area contributed by atoms with Gasteiger partial charge in [-0.15, -0.1) is 0 Å². The standard InChI is InChI=1S/C19H16N4O7/c1-22-10-16(17(21-22)19(25)26)18(24)20-11-7-12(23(27)28)9-15(8-11)30-14-5-3-13(29-2)4-6-14/h3-10H,1-2H3,(H,20,24)(H,25,26). The van der Waals surface area contributed by atoms with E-state index < -0.39 is 22.5 Å². The normalized spacial score (nSPS) is 10.3. The molecule has 11 nitrogen and oxygen atoms in total. The van der Waals surface area contributed by atoms with Gasteiger partial charge in [0.05, 0.1) is 29.4 Å². The second kappa shape index (κ2) is 8.31. The fourth-order valence-electron chi connectivity index (χ4n) is 2.61. The van der Waals surface area contributed by atoms with Gasteiger partial charge in [0, 0.05) is 25.4 Å². The molecule has 0 radical (unpaired) electrons. The molecular formula is C19H16N4O7. The third-order valence-electron chi connectivity index (χ3n) is 3.93. The molecule has 11 heteroatoms. The Morgan fingerprint density at radius 1 is 1.13 bits per heavy atom. The van der Waals surface area contributed by atoms with Crippen LogP contribution in [0.5, 0.6) is 17.2 Å². The van der Waals surface area contributed by atoms with Gasteiger partial charge in [-0.05, 0) is 24.3 Å². The van der Waals surface area contributed by atoms with Crippen LogP contribution in [0.1, 0.15) is 20.8 Å². The maximum Gasteiger partial charge on any atom is 0.357 e. The summed E-state index contributed by atoms with van der Waals surface area (Å²) in [6.07, 6.45) is 1.24. The summed E-state index contributed by atoms with van der Waals surface area (Å²) in [4.78, 5) is 34.4. The summed E-state index contributed by atoms with van der Waals surface area (Å²) in [6.45, 7) is 0. The molecule has 0 saturated carbocycles. The first-order chi connectivity index (χ1) is 14.3. The molecule has 3 aromatic rings. The highest BCUT2D eigenvalue weighted by atomic mass is 16.6. The van der Waals surface area contributed by atoms with Gasteiger partial charge in [0.15, 0.2) is 5.69 Å². The molecule has 0 aliphatic heterocycles. The van der Waals surface area contributed by atoms with Gasteiger partial charge in [0.2, 0.25) is 0 Å². The van der Waals surface area contributed by atoms with Gasteiger partial charge in [-0.1, -0.05) is 0 Å². The van der Waals surface area contributed by atoms with Gasteiger partial charge < -0.3 is 19.9 Å². The number of aryl methyl sites for hydroxylation is 1. The number of nitrogens with zero attached hydrogens (tertiary/aromatic N) is 3. The minimum Gasteiger partial charge on any atom is -0.497 e. The molecule has 1 aromatic heterocycles. The lowest BCUT2D eigenvalue weighted by molar-refractivity contribution is -0.384. The zero-order valence-electron chi connectivity index (χ0n) is 15.9. The number of carbonyl (C=O) groups excluding carboxylic acids is 1. The number of non-ortho nitro benzene ring substituents is 1. The molecule has 0 spiro atoms. The first kappa shape index (κ1) is 20.3. The van der Waals surface area contributed by atoms with E-state index in [-0.39, 0.29) is 22.7 Å². The molecule has 0 aliphatic carbocycles. The summed E-state index contributed by atoms with van der Waals surface area (Å²) in [5, 5.41) is 26.6. The number of rotatable bonds is 7. The molecule has 0 bridgehead atoms. The summed E-state index contributed by atoms with van der Waals surface area (Å²) in [6, 6.07) is 10.3. The number of carbonyl (C=O) groups is 2. The van der Waals surface area contributed by atoms with Crippen molar-refractivity contribution in [3.05, 3.63) is 70.0 Å². The third-order valence-corrected chi connectivity index (χ3v) is 3.93. The van der Waals surface area contributed by atoms with E-state index in [1.54, 1.807) is 24.3 Å². The third kappa shape index (κ3) is 4.52. The molecule has 1 heterocycles. The number of ether oxygens (including phenoxy) is 2. The Hall–Kier alpha value is -4.41. The van der Waals surface area contributed by atoms with Gasteiger partial charge in [-0.2, -0.15) is 5.10 Å². The summed E-state index contributed by atoms with van der Waals surface area (Å²) in [7, 11) is 2.99. The lowest BCUT2D eigenvalue weighted by atomic mass is 10.2. The molecule has 0 atom stereocenters. The fourth-order valence-corrected chi connectivity index (χ4v) is 2.61. The number of anilines is 1. The molecule has 2 aromatic carbocycles. The van der Waals surface area contributed by atoms with E-state index in [9.17, 15) is 24.8 Å². The quantitative estimate of drug-likeness (QED) is 0.445. The Bertz CT molecular complexity index is 1120. The number of nitrogens with one attached hydrogen (secondary N) is 1. The summed E-state index contributed by atoms with van der Waals surface area (Å²) < 4.78 is 11.9. The molecule has 0 aliphatic rings. The van der Waals surface area contributed by atoms with E-state index >= 15 is 0 Å².